The number of benzene rings is 1. The molecule has 0 saturated carbocycles. The molecule has 0 fully saturated rings. The number of hydrogen-bond donors (Lipinski definition) is 1. The Balaban J connectivity index is 0.000000437. The van der Waals surface area contributed by atoms with E-state index in [-0.39, 0.29) is 6.47 Å². The van der Waals surface area contributed by atoms with Gasteiger partial charge < -0.3 is 5.11 Å². The number of rotatable bonds is 1. The maximum Gasteiger partial charge on any atom is 0.290 e. The van der Waals surface area contributed by atoms with Crippen LogP contribution in [-0.4, -0.2) is 21.5 Å². The van der Waals surface area contributed by atoms with Crippen molar-refractivity contribution in [3.05, 3.63) is 35.2 Å². The van der Waals surface area contributed by atoms with Crippen molar-refractivity contribution in [2.24, 2.45) is 0 Å². The third-order valence-electron chi connectivity index (χ3n) is 2.50. The van der Waals surface area contributed by atoms with Crippen LogP contribution in [0.2, 0.25) is 0 Å². The van der Waals surface area contributed by atoms with Crippen LogP contribution < -0.4 is 0 Å². The van der Waals surface area contributed by atoms with Gasteiger partial charge in [0.25, 0.3) is 6.47 Å². The van der Waals surface area contributed by atoms with Crippen LogP contribution in [0.15, 0.2) is 18.2 Å². The van der Waals surface area contributed by atoms with Crippen LogP contribution in [0.4, 0.5) is 0 Å². The second-order valence-electron chi connectivity index (χ2n) is 3.66. The van der Waals surface area contributed by atoms with Crippen LogP contribution in [0.3, 0.4) is 0 Å². The molecule has 1 aromatic carbocycles. The summed E-state index contributed by atoms with van der Waals surface area (Å²) in [5.74, 6) is 0. The van der Waals surface area contributed by atoms with E-state index in [2.05, 4.69) is 29.9 Å². The van der Waals surface area contributed by atoms with Crippen molar-refractivity contribution in [3.8, 4) is 0 Å². The number of para-hydroxylation sites is 1. The molecule has 0 spiro atoms. The van der Waals surface area contributed by atoms with E-state index in [0.717, 1.165) is 28.8 Å². The highest BCUT2D eigenvalue weighted by Gasteiger charge is 2.04. The first-order valence-electron chi connectivity index (χ1n) is 5.44. The van der Waals surface area contributed by atoms with Gasteiger partial charge in [-0.15, -0.1) is 0 Å². The molecule has 0 unspecified atom stereocenters. The zero-order valence-electron chi connectivity index (χ0n) is 10.3. The Morgan fingerprint density at radius 1 is 1.29 bits per heavy atom. The lowest BCUT2D eigenvalue weighted by Gasteiger charge is -2.05. The van der Waals surface area contributed by atoms with Crippen molar-refractivity contribution >= 4 is 17.5 Å². The van der Waals surface area contributed by atoms with E-state index in [4.69, 9.17) is 9.90 Å². The van der Waals surface area contributed by atoms with Crippen LogP contribution >= 0.6 is 0 Å². The van der Waals surface area contributed by atoms with E-state index in [1.165, 1.54) is 5.56 Å². The van der Waals surface area contributed by atoms with Gasteiger partial charge in [0.2, 0.25) is 0 Å². The molecule has 2 aromatic rings. The fourth-order valence-electron chi connectivity index (χ4n) is 1.68. The monoisotopic (exact) mass is 232 g/mol. The number of hydrogen-bond acceptors (Lipinski definition) is 3. The highest BCUT2D eigenvalue weighted by atomic mass is 16.3. The molecule has 17 heavy (non-hydrogen) atoms. The Kier molecular flexibility index (Phi) is 4.57. The fourth-order valence-corrected chi connectivity index (χ4v) is 1.68. The predicted octanol–water partition coefficient (Wildman–Crippen LogP) is 2.51. The van der Waals surface area contributed by atoms with Gasteiger partial charge in [-0.2, -0.15) is 0 Å². The largest absolute Gasteiger partial charge is 0.483 e. The fraction of sp³-hybridized carbons (Fsp3) is 0.308. The Hall–Kier alpha value is -1.97. The van der Waals surface area contributed by atoms with Gasteiger partial charge in [0.05, 0.1) is 22.4 Å². The number of carboxylic acid groups (broad SMARTS) is 1. The maximum atomic E-state index is 8.36. The number of nitrogens with zero attached hydrogens (tertiary/aromatic N) is 2. The predicted molar refractivity (Wildman–Crippen MR) is 67.1 cm³/mol. The average molecular weight is 232 g/mol. The van der Waals surface area contributed by atoms with Gasteiger partial charge in [-0.05, 0) is 31.9 Å². The molecule has 1 heterocycles. The molecule has 4 heteroatoms. The molecular weight excluding hydrogens is 216 g/mol. The van der Waals surface area contributed by atoms with Crippen molar-refractivity contribution < 1.29 is 9.90 Å². The highest BCUT2D eigenvalue weighted by molar-refractivity contribution is 5.77. The smallest absolute Gasteiger partial charge is 0.290 e. The molecule has 0 aliphatic rings. The second kappa shape index (κ2) is 5.94. The first-order chi connectivity index (χ1) is 8.13. The van der Waals surface area contributed by atoms with Gasteiger partial charge in [-0.3, -0.25) is 4.79 Å². The summed E-state index contributed by atoms with van der Waals surface area (Å²) in [6.45, 7) is 5.96. The second-order valence-corrected chi connectivity index (χ2v) is 3.66. The molecule has 0 radical (unpaired) electrons. The summed E-state index contributed by atoms with van der Waals surface area (Å²) in [5, 5.41) is 6.89. The van der Waals surface area contributed by atoms with E-state index in [0.29, 0.717) is 0 Å². The third-order valence-corrected chi connectivity index (χ3v) is 2.50. The Morgan fingerprint density at radius 2 is 1.94 bits per heavy atom. The zero-order valence-corrected chi connectivity index (χ0v) is 10.3. The normalized spacial score (nSPS) is 9.59. The molecule has 0 aliphatic carbocycles. The maximum absolute atomic E-state index is 8.36. The van der Waals surface area contributed by atoms with Crippen molar-refractivity contribution in [1.29, 1.82) is 0 Å². The molecule has 0 aliphatic heterocycles. The standard InChI is InChI=1S/C12H14N2.CH2O2/c1-4-10-9(3)13-11-7-5-6-8(2)12(11)14-10;2-1-3/h5-7H,4H2,1-3H3;1H,(H,2,3). The number of aromatic nitrogens is 2. The quantitative estimate of drug-likeness (QED) is 0.767. The summed E-state index contributed by atoms with van der Waals surface area (Å²) in [4.78, 5) is 17.5. The van der Waals surface area contributed by atoms with E-state index in [9.17, 15) is 0 Å². The molecular formula is C13H16N2O2. The van der Waals surface area contributed by atoms with Gasteiger partial charge in [0, 0.05) is 0 Å². The molecule has 0 bridgehead atoms. The van der Waals surface area contributed by atoms with Gasteiger partial charge in [-0.25, -0.2) is 9.97 Å². The molecule has 0 atom stereocenters. The molecule has 0 saturated heterocycles. The van der Waals surface area contributed by atoms with Crippen LogP contribution in [0, 0.1) is 13.8 Å². The lowest BCUT2D eigenvalue weighted by molar-refractivity contribution is -0.122. The summed E-state index contributed by atoms with van der Waals surface area (Å²) in [7, 11) is 0. The highest BCUT2D eigenvalue weighted by Crippen LogP contribution is 2.16. The van der Waals surface area contributed by atoms with E-state index < -0.39 is 0 Å². The third kappa shape index (κ3) is 3.00. The molecule has 90 valence electrons. The lowest BCUT2D eigenvalue weighted by Crippen LogP contribution is -1.97. The summed E-state index contributed by atoms with van der Waals surface area (Å²) in [5.41, 5.74) is 5.39. The van der Waals surface area contributed by atoms with Gasteiger partial charge >= 0.3 is 0 Å². The SMILES string of the molecule is CCc1nc2c(C)cccc2nc1C.O=CO. The van der Waals surface area contributed by atoms with Crippen molar-refractivity contribution in [3.63, 3.8) is 0 Å². The molecule has 1 N–H and O–H groups in total. The Morgan fingerprint density at radius 3 is 2.53 bits per heavy atom. The lowest BCUT2D eigenvalue weighted by atomic mass is 10.1. The van der Waals surface area contributed by atoms with E-state index in [1.807, 2.05) is 19.1 Å². The summed E-state index contributed by atoms with van der Waals surface area (Å²) < 4.78 is 0. The first-order valence-corrected chi connectivity index (χ1v) is 5.44. The minimum atomic E-state index is -0.250. The minimum Gasteiger partial charge on any atom is -0.483 e. The van der Waals surface area contributed by atoms with Crippen LogP contribution in [0.1, 0.15) is 23.9 Å². The Bertz CT molecular complexity index is 524. The van der Waals surface area contributed by atoms with E-state index in [1.54, 1.807) is 0 Å². The van der Waals surface area contributed by atoms with Crippen LogP contribution in [0.5, 0.6) is 0 Å². The minimum absolute atomic E-state index is 0.250. The molecule has 2 rings (SSSR count). The van der Waals surface area contributed by atoms with Crippen molar-refractivity contribution in [2.45, 2.75) is 27.2 Å². The molecule has 1 aromatic heterocycles. The van der Waals surface area contributed by atoms with Crippen molar-refractivity contribution in [1.82, 2.24) is 9.97 Å². The average Bonchev–Trinajstić information content (AvgIpc) is 2.30. The van der Waals surface area contributed by atoms with Gasteiger partial charge in [0.1, 0.15) is 0 Å². The molecule has 4 nitrogen and oxygen atoms in total. The van der Waals surface area contributed by atoms with Crippen molar-refractivity contribution in [2.75, 3.05) is 0 Å². The first kappa shape index (κ1) is 13.1. The zero-order chi connectivity index (χ0) is 12.8. The van der Waals surface area contributed by atoms with Gasteiger partial charge in [-0.1, -0.05) is 19.1 Å². The van der Waals surface area contributed by atoms with E-state index >= 15 is 0 Å². The van der Waals surface area contributed by atoms with Gasteiger partial charge in [0.15, 0.2) is 0 Å². The topological polar surface area (TPSA) is 63.1 Å². The number of carbonyl (C=O) groups is 1. The number of aryl methyl sites for hydroxylation is 3. The summed E-state index contributed by atoms with van der Waals surface area (Å²) >= 11 is 0. The number of fused-ring (bicyclic) bond motifs is 1. The summed E-state index contributed by atoms with van der Waals surface area (Å²) in [6, 6.07) is 6.12. The van der Waals surface area contributed by atoms with Crippen LogP contribution in [0.25, 0.3) is 11.0 Å². The Labute approximate surface area is 100 Å². The molecule has 0 amide bonds. The van der Waals surface area contributed by atoms with Crippen LogP contribution in [-0.2, 0) is 11.2 Å². The summed E-state index contributed by atoms with van der Waals surface area (Å²) in [6.07, 6.45) is 0.948.